The third-order valence-electron chi connectivity index (χ3n) is 3.84. The Labute approximate surface area is 177 Å². The van der Waals surface area contributed by atoms with E-state index in [4.69, 9.17) is 16.3 Å². The lowest BCUT2D eigenvalue weighted by atomic mass is 10.2. The highest BCUT2D eigenvalue weighted by atomic mass is 35.5. The molecule has 1 aromatic heterocycles. The Morgan fingerprint density at radius 2 is 2.03 bits per heavy atom. The third-order valence-corrected chi connectivity index (χ3v) is 5.02. The van der Waals surface area contributed by atoms with E-state index in [-0.39, 0.29) is 17.9 Å². The van der Waals surface area contributed by atoms with Crippen LogP contribution < -0.4 is 15.6 Å². The van der Waals surface area contributed by atoms with E-state index >= 15 is 0 Å². The molecule has 0 saturated heterocycles. The highest BCUT2D eigenvalue weighted by molar-refractivity contribution is 7.98. The van der Waals surface area contributed by atoms with Crippen LogP contribution in [0.1, 0.15) is 18.2 Å². The van der Waals surface area contributed by atoms with Crippen LogP contribution >= 0.6 is 23.4 Å². The van der Waals surface area contributed by atoms with Gasteiger partial charge in [0.25, 0.3) is 5.56 Å². The molecule has 6 nitrogen and oxygen atoms in total. The molecule has 8 heteroatoms. The van der Waals surface area contributed by atoms with Gasteiger partial charge in [0, 0.05) is 16.8 Å². The monoisotopic (exact) mass is 429 g/mol. The topological polar surface area (TPSA) is 84.1 Å². The lowest BCUT2D eigenvalue weighted by Crippen LogP contribution is -2.18. The van der Waals surface area contributed by atoms with Crippen molar-refractivity contribution >= 4 is 35.0 Å². The van der Waals surface area contributed by atoms with E-state index in [9.17, 15) is 9.59 Å². The maximum Gasteiger partial charge on any atom is 0.251 e. The Balaban J connectivity index is 1.66. The highest BCUT2D eigenvalue weighted by Gasteiger charge is 2.11. The smallest absolute Gasteiger partial charge is 0.251 e. The molecule has 0 fully saturated rings. The van der Waals surface area contributed by atoms with Gasteiger partial charge in [0.15, 0.2) is 5.16 Å². The van der Waals surface area contributed by atoms with Crippen LogP contribution in [0.2, 0.25) is 5.02 Å². The molecule has 1 heterocycles. The average Bonchev–Trinajstić information content (AvgIpc) is 2.68. The molecule has 3 rings (SSSR count). The largest absolute Gasteiger partial charge is 0.492 e. The predicted molar refractivity (Wildman–Crippen MR) is 116 cm³/mol. The van der Waals surface area contributed by atoms with Gasteiger partial charge < -0.3 is 15.0 Å². The van der Waals surface area contributed by atoms with Gasteiger partial charge in [0.05, 0.1) is 24.4 Å². The van der Waals surface area contributed by atoms with Crippen LogP contribution in [0.4, 0.5) is 5.69 Å². The van der Waals surface area contributed by atoms with E-state index in [0.29, 0.717) is 39.7 Å². The number of halogens is 1. The molecule has 0 saturated carbocycles. The van der Waals surface area contributed by atoms with Crippen molar-refractivity contribution in [1.82, 2.24) is 9.97 Å². The number of nitrogens with one attached hydrogen (secondary N) is 2. The number of hydrogen-bond acceptors (Lipinski definition) is 5. The van der Waals surface area contributed by atoms with Gasteiger partial charge in [-0.05, 0) is 36.8 Å². The Hall–Kier alpha value is -2.77. The summed E-state index contributed by atoms with van der Waals surface area (Å²) < 4.78 is 5.51. The number of thioether (sulfide) groups is 1. The number of anilines is 1. The summed E-state index contributed by atoms with van der Waals surface area (Å²) in [5.41, 5.74) is 1.69. The third kappa shape index (κ3) is 6.37. The number of benzene rings is 2. The van der Waals surface area contributed by atoms with Crippen LogP contribution in [0, 0.1) is 0 Å². The molecule has 0 aliphatic rings. The number of para-hydroxylation sites is 2. The second kappa shape index (κ2) is 10.1. The minimum atomic E-state index is -0.300. The summed E-state index contributed by atoms with van der Waals surface area (Å²) in [6.07, 6.45) is -0.0187. The first-order chi connectivity index (χ1) is 14.0. The summed E-state index contributed by atoms with van der Waals surface area (Å²) in [7, 11) is 0. The molecule has 0 aliphatic heterocycles. The number of aromatic amines is 1. The molecule has 0 spiro atoms. The van der Waals surface area contributed by atoms with Crippen molar-refractivity contribution in [3.63, 3.8) is 0 Å². The fraction of sp³-hybridized carbons (Fsp3) is 0.190. The molecule has 1 amide bonds. The Kier molecular flexibility index (Phi) is 7.32. The molecule has 0 unspecified atom stereocenters. The summed E-state index contributed by atoms with van der Waals surface area (Å²) >= 11 is 7.37. The van der Waals surface area contributed by atoms with Crippen LogP contribution in [0.15, 0.2) is 64.5 Å². The quantitative estimate of drug-likeness (QED) is 0.412. The molecule has 0 bridgehead atoms. The number of aromatic nitrogens is 2. The summed E-state index contributed by atoms with van der Waals surface area (Å²) in [6, 6.07) is 16.0. The molecule has 3 aromatic rings. The van der Waals surface area contributed by atoms with Gasteiger partial charge in [0.1, 0.15) is 5.75 Å². The lowest BCUT2D eigenvalue weighted by Gasteiger charge is -2.11. The molecule has 150 valence electrons. The first-order valence-corrected chi connectivity index (χ1v) is 10.4. The molecule has 0 atom stereocenters. The normalized spacial score (nSPS) is 10.6. The van der Waals surface area contributed by atoms with Crippen LogP contribution in [-0.4, -0.2) is 22.5 Å². The number of nitrogens with zero attached hydrogens (tertiary/aromatic N) is 1. The Bertz CT molecular complexity index is 1060. The van der Waals surface area contributed by atoms with Crippen LogP contribution in [-0.2, 0) is 17.0 Å². The maximum absolute atomic E-state index is 12.4. The Morgan fingerprint density at radius 3 is 2.83 bits per heavy atom. The van der Waals surface area contributed by atoms with Crippen molar-refractivity contribution in [2.75, 3.05) is 11.9 Å². The van der Waals surface area contributed by atoms with Gasteiger partial charge in [-0.25, -0.2) is 4.98 Å². The first-order valence-electron chi connectivity index (χ1n) is 9.02. The Morgan fingerprint density at radius 1 is 1.21 bits per heavy atom. The van der Waals surface area contributed by atoms with Gasteiger partial charge in [-0.15, -0.1) is 0 Å². The number of carbonyl (C=O) groups is 1. The molecular formula is C21H20ClN3O3S. The molecule has 2 N–H and O–H groups in total. The van der Waals surface area contributed by atoms with Crippen LogP contribution in [0.3, 0.4) is 0 Å². The number of ether oxygens (including phenoxy) is 1. The van der Waals surface area contributed by atoms with E-state index in [1.807, 2.05) is 37.3 Å². The fourth-order valence-electron chi connectivity index (χ4n) is 2.63. The second-order valence-corrected chi connectivity index (χ2v) is 7.52. The van der Waals surface area contributed by atoms with Gasteiger partial charge >= 0.3 is 0 Å². The van der Waals surface area contributed by atoms with Gasteiger partial charge in [-0.1, -0.05) is 47.6 Å². The summed E-state index contributed by atoms with van der Waals surface area (Å²) in [6.45, 7) is 2.37. The van der Waals surface area contributed by atoms with Crippen molar-refractivity contribution in [1.29, 1.82) is 0 Å². The predicted octanol–water partition coefficient (Wildman–Crippen LogP) is 4.30. The van der Waals surface area contributed by atoms with E-state index in [1.165, 1.54) is 17.8 Å². The number of amides is 1. The highest BCUT2D eigenvalue weighted by Crippen LogP contribution is 2.24. The van der Waals surface area contributed by atoms with Gasteiger partial charge in [-0.2, -0.15) is 0 Å². The van der Waals surface area contributed by atoms with E-state index in [0.717, 1.165) is 5.56 Å². The minimum absolute atomic E-state index is 0.0187. The number of rotatable bonds is 8. The van der Waals surface area contributed by atoms with E-state index in [2.05, 4.69) is 15.3 Å². The van der Waals surface area contributed by atoms with E-state index < -0.39 is 0 Å². The van der Waals surface area contributed by atoms with Crippen LogP contribution in [0.25, 0.3) is 0 Å². The fourth-order valence-corrected chi connectivity index (χ4v) is 3.68. The zero-order valence-corrected chi connectivity index (χ0v) is 17.3. The zero-order chi connectivity index (χ0) is 20.6. The van der Waals surface area contributed by atoms with E-state index in [1.54, 1.807) is 18.2 Å². The molecule has 2 aromatic carbocycles. The number of hydrogen-bond donors (Lipinski definition) is 2. The standard InChI is InChI=1S/C21H20ClN3O3S/c1-2-28-18-9-4-3-8-17(18)24-19(26)11-16-12-20(27)25-21(23-16)29-13-14-6-5-7-15(22)10-14/h3-10,12H,2,11,13H2,1H3,(H,24,26)(H,23,25,27). The average molecular weight is 430 g/mol. The van der Waals surface area contributed by atoms with Crippen molar-refractivity contribution in [3.8, 4) is 5.75 Å². The summed E-state index contributed by atoms with van der Waals surface area (Å²) in [5.74, 6) is 0.918. The van der Waals surface area contributed by atoms with Crippen molar-refractivity contribution in [3.05, 3.63) is 81.2 Å². The van der Waals surface area contributed by atoms with Crippen LogP contribution in [0.5, 0.6) is 5.75 Å². The van der Waals surface area contributed by atoms with Gasteiger partial charge in [-0.3, -0.25) is 9.59 Å². The molecule has 0 radical (unpaired) electrons. The summed E-state index contributed by atoms with van der Waals surface area (Å²) in [4.78, 5) is 31.5. The first kappa shape index (κ1) is 21.0. The van der Waals surface area contributed by atoms with Crippen molar-refractivity contribution < 1.29 is 9.53 Å². The molecular weight excluding hydrogens is 410 g/mol. The van der Waals surface area contributed by atoms with Gasteiger partial charge in [0.2, 0.25) is 5.91 Å². The molecule has 0 aliphatic carbocycles. The zero-order valence-electron chi connectivity index (χ0n) is 15.8. The van der Waals surface area contributed by atoms with Crippen molar-refractivity contribution in [2.45, 2.75) is 24.3 Å². The summed E-state index contributed by atoms with van der Waals surface area (Å²) in [5, 5.41) is 3.92. The van der Waals surface area contributed by atoms with Crippen molar-refractivity contribution in [2.24, 2.45) is 0 Å². The second-order valence-electron chi connectivity index (χ2n) is 6.11. The SMILES string of the molecule is CCOc1ccccc1NC(=O)Cc1cc(=O)[nH]c(SCc2cccc(Cl)c2)n1. The minimum Gasteiger partial charge on any atom is -0.492 e. The number of carbonyl (C=O) groups excluding carboxylic acids is 1. The lowest BCUT2D eigenvalue weighted by molar-refractivity contribution is -0.115. The number of H-pyrrole nitrogens is 1. The maximum atomic E-state index is 12.4. The molecule has 29 heavy (non-hydrogen) atoms.